The number of para-hydroxylation sites is 1. The number of nitrogens with one attached hydrogen (secondary N) is 1. The van der Waals surface area contributed by atoms with Gasteiger partial charge in [0.25, 0.3) is 0 Å². The van der Waals surface area contributed by atoms with Crippen molar-refractivity contribution >= 4 is 23.9 Å². The molecule has 5 heteroatoms. The average Bonchev–Trinajstić information content (AvgIpc) is 3.10. The normalized spacial score (nSPS) is 12.1. The first-order chi connectivity index (χ1) is 14.8. The molecule has 0 bridgehead atoms. The molecule has 30 heavy (non-hydrogen) atoms. The monoisotopic (exact) mass is 396 g/mol. The number of hydrogen-bond donors (Lipinski definition) is 1. The summed E-state index contributed by atoms with van der Waals surface area (Å²) >= 11 is 0. The van der Waals surface area contributed by atoms with Crippen LogP contribution in [0.1, 0.15) is 22.6 Å². The molecule has 0 unspecified atom stereocenters. The summed E-state index contributed by atoms with van der Waals surface area (Å²) in [6, 6.07) is 23.6. The molecule has 0 radical (unpaired) electrons. The van der Waals surface area contributed by atoms with Gasteiger partial charge >= 0.3 is 6.09 Å². The highest BCUT2D eigenvalue weighted by atomic mass is 16.5. The third-order valence-corrected chi connectivity index (χ3v) is 5.11. The van der Waals surface area contributed by atoms with Crippen LogP contribution in [0.15, 0.2) is 83.9 Å². The molecule has 0 aromatic heterocycles. The third kappa shape index (κ3) is 4.07. The van der Waals surface area contributed by atoms with Crippen molar-refractivity contribution in [1.82, 2.24) is 5.32 Å². The second kappa shape index (κ2) is 9.03. The first-order valence-corrected chi connectivity index (χ1v) is 9.70. The van der Waals surface area contributed by atoms with E-state index in [1.54, 1.807) is 30.4 Å². The van der Waals surface area contributed by atoms with Crippen LogP contribution in [0.2, 0.25) is 0 Å². The Balaban J connectivity index is 1.34. The van der Waals surface area contributed by atoms with E-state index in [0.717, 1.165) is 5.56 Å². The number of rotatable bonds is 6. The number of carbonyl (C=O) groups is 1. The largest absolute Gasteiger partial charge is 0.449 e. The minimum Gasteiger partial charge on any atom is -0.449 e. The Morgan fingerprint density at radius 3 is 2.30 bits per heavy atom. The molecule has 3 aromatic carbocycles. The van der Waals surface area contributed by atoms with E-state index < -0.39 is 6.09 Å². The highest BCUT2D eigenvalue weighted by molar-refractivity contribution is 5.79. The number of carbonyl (C=O) groups excluding carboxylic acids is 2. The Hall–Kier alpha value is -3.95. The second-order valence-corrected chi connectivity index (χ2v) is 6.87. The fourth-order valence-electron chi connectivity index (χ4n) is 3.76. The van der Waals surface area contributed by atoms with Crippen molar-refractivity contribution in [2.45, 2.75) is 5.92 Å². The van der Waals surface area contributed by atoms with Gasteiger partial charge in [-0.15, -0.1) is 0 Å². The topological polar surface area (TPSA) is 67.8 Å². The Kier molecular flexibility index (Phi) is 5.83. The van der Waals surface area contributed by atoms with Gasteiger partial charge < -0.3 is 10.1 Å². The summed E-state index contributed by atoms with van der Waals surface area (Å²) in [4.78, 5) is 26.3. The molecule has 0 aliphatic heterocycles. The van der Waals surface area contributed by atoms with Gasteiger partial charge in [0.1, 0.15) is 6.61 Å². The number of nitrogens with zero attached hydrogens (tertiary/aromatic N) is 1. The van der Waals surface area contributed by atoms with Crippen LogP contribution in [0.5, 0.6) is 0 Å². The van der Waals surface area contributed by atoms with Crippen molar-refractivity contribution in [2.75, 3.05) is 13.2 Å². The van der Waals surface area contributed by atoms with E-state index >= 15 is 0 Å². The van der Waals surface area contributed by atoms with Crippen LogP contribution >= 0.6 is 0 Å². The SMILES string of the molecule is O=C=Nc1ccccc1C=CCNC(=O)OCC1c2ccccc2-c2ccccc21. The minimum absolute atomic E-state index is 0.0340. The Bertz CT molecular complexity index is 1100. The van der Waals surface area contributed by atoms with Gasteiger partial charge in [-0.3, -0.25) is 0 Å². The van der Waals surface area contributed by atoms with Crippen LogP contribution in [0.25, 0.3) is 17.2 Å². The number of benzene rings is 3. The maximum Gasteiger partial charge on any atom is 0.407 e. The number of alkyl carbamates (subject to hydrolysis) is 1. The van der Waals surface area contributed by atoms with Gasteiger partial charge in [0, 0.05) is 18.0 Å². The van der Waals surface area contributed by atoms with Crippen LogP contribution in [0, 0.1) is 0 Å². The predicted octanol–water partition coefficient (Wildman–Crippen LogP) is 5.21. The maximum absolute atomic E-state index is 12.2. The van der Waals surface area contributed by atoms with E-state index in [-0.39, 0.29) is 12.5 Å². The molecule has 5 nitrogen and oxygen atoms in total. The first kappa shape index (κ1) is 19.4. The quantitative estimate of drug-likeness (QED) is 0.460. The van der Waals surface area contributed by atoms with E-state index in [0.29, 0.717) is 12.2 Å². The summed E-state index contributed by atoms with van der Waals surface area (Å²) in [6.45, 7) is 0.580. The lowest BCUT2D eigenvalue weighted by atomic mass is 9.98. The number of ether oxygens (including phenoxy) is 1. The molecular weight excluding hydrogens is 376 g/mol. The van der Waals surface area contributed by atoms with Gasteiger partial charge in [-0.2, -0.15) is 4.99 Å². The summed E-state index contributed by atoms with van der Waals surface area (Å²) < 4.78 is 5.50. The molecular formula is C25H20N2O3. The van der Waals surface area contributed by atoms with Crippen LogP contribution in [0.4, 0.5) is 10.5 Å². The number of aliphatic imine (C=N–C) groups is 1. The highest BCUT2D eigenvalue weighted by Gasteiger charge is 2.28. The van der Waals surface area contributed by atoms with Crippen molar-refractivity contribution < 1.29 is 14.3 Å². The maximum atomic E-state index is 12.2. The molecule has 0 atom stereocenters. The molecule has 0 saturated carbocycles. The molecule has 148 valence electrons. The van der Waals surface area contributed by atoms with Gasteiger partial charge in [-0.05, 0) is 28.3 Å². The van der Waals surface area contributed by atoms with Gasteiger partial charge in [0.15, 0.2) is 0 Å². The Morgan fingerprint density at radius 1 is 0.967 bits per heavy atom. The molecule has 3 aromatic rings. The zero-order valence-electron chi connectivity index (χ0n) is 16.2. The summed E-state index contributed by atoms with van der Waals surface area (Å²) in [7, 11) is 0. The van der Waals surface area contributed by atoms with Crippen LogP contribution in [0.3, 0.4) is 0 Å². The fourth-order valence-corrected chi connectivity index (χ4v) is 3.76. The van der Waals surface area contributed by atoms with Gasteiger partial charge in [0.05, 0.1) is 5.69 Å². The molecule has 1 amide bonds. The van der Waals surface area contributed by atoms with E-state index in [1.165, 1.54) is 22.3 Å². The predicted molar refractivity (Wildman–Crippen MR) is 116 cm³/mol. The van der Waals surface area contributed by atoms with E-state index in [2.05, 4.69) is 34.6 Å². The van der Waals surface area contributed by atoms with Crippen molar-refractivity contribution in [3.05, 3.63) is 95.6 Å². The smallest absolute Gasteiger partial charge is 0.407 e. The fraction of sp³-hybridized carbons (Fsp3) is 0.120. The van der Waals surface area contributed by atoms with E-state index in [1.807, 2.05) is 36.4 Å². The number of hydrogen-bond acceptors (Lipinski definition) is 4. The van der Waals surface area contributed by atoms with Gasteiger partial charge in [0.2, 0.25) is 6.08 Å². The third-order valence-electron chi connectivity index (χ3n) is 5.11. The van der Waals surface area contributed by atoms with Crippen molar-refractivity contribution in [2.24, 2.45) is 4.99 Å². The summed E-state index contributed by atoms with van der Waals surface area (Å²) in [5.74, 6) is 0.0340. The Labute approximate surface area is 174 Å². The zero-order chi connectivity index (χ0) is 20.8. The number of isocyanates is 1. The van der Waals surface area contributed by atoms with Crippen molar-refractivity contribution in [3.8, 4) is 11.1 Å². The standard InChI is InChI=1S/C25H20N2O3/c28-17-27-24-14-6-1-8-18(24)9-7-15-26-25(29)30-16-23-21-12-4-2-10-19(21)20-11-3-5-13-22(20)23/h1-14,23H,15-16H2,(H,26,29). The lowest BCUT2D eigenvalue weighted by Gasteiger charge is -2.14. The summed E-state index contributed by atoms with van der Waals surface area (Å²) in [5, 5.41) is 2.72. The van der Waals surface area contributed by atoms with Crippen LogP contribution < -0.4 is 5.32 Å². The zero-order valence-corrected chi connectivity index (χ0v) is 16.2. The van der Waals surface area contributed by atoms with E-state index in [4.69, 9.17) is 4.74 Å². The van der Waals surface area contributed by atoms with Gasteiger partial charge in [-0.1, -0.05) is 78.9 Å². The van der Waals surface area contributed by atoms with Crippen molar-refractivity contribution in [3.63, 3.8) is 0 Å². The molecule has 0 spiro atoms. The number of amides is 1. The Morgan fingerprint density at radius 2 is 1.60 bits per heavy atom. The number of fused-ring (bicyclic) bond motifs is 3. The average molecular weight is 396 g/mol. The molecule has 0 fully saturated rings. The van der Waals surface area contributed by atoms with E-state index in [9.17, 15) is 9.59 Å². The highest BCUT2D eigenvalue weighted by Crippen LogP contribution is 2.44. The van der Waals surface area contributed by atoms with Crippen molar-refractivity contribution in [1.29, 1.82) is 0 Å². The minimum atomic E-state index is -0.472. The molecule has 0 heterocycles. The second-order valence-electron chi connectivity index (χ2n) is 6.87. The molecule has 1 N–H and O–H groups in total. The lowest BCUT2D eigenvalue weighted by Crippen LogP contribution is -2.26. The summed E-state index contributed by atoms with van der Waals surface area (Å²) in [5.41, 5.74) is 6.06. The summed E-state index contributed by atoms with van der Waals surface area (Å²) in [6.07, 6.45) is 4.64. The van der Waals surface area contributed by atoms with Crippen LogP contribution in [-0.2, 0) is 9.53 Å². The molecule has 0 saturated heterocycles. The lowest BCUT2D eigenvalue weighted by molar-refractivity contribution is 0.144. The van der Waals surface area contributed by atoms with Crippen LogP contribution in [-0.4, -0.2) is 25.3 Å². The van der Waals surface area contributed by atoms with Gasteiger partial charge in [-0.25, -0.2) is 9.59 Å². The molecule has 1 aliphatic rings. The first-order valence-electron chi connectivity index (χ1n) is 9.70. The molecule has 4 rings (SSSR count). The molecule has 1 aliphatic carbocycles.